The van der Waals surface area contributed by atoms with E-state index in [4.69, 9.17) is 39.8 Å². The van der Waals surface area contributed by atoms with Crippen LogP contribution in [0.5, 0.6) is 0 Å². The summed E-state index contributed by atoms with van der Waals surface area (Å²) in [7, 11) is 0. The molecule has 6 unspecified atom stereocenters. The molecule has 6 atom stereocenters. The van der Waals surface area contributed by atoms with Crippen LogP contribution >= 0.6 is 0 Å². The Morgan fingerprint density at radius 1 is 0.404 bits per heavy atom. The van der Waals surface area contributed by atoms with Crippen LogP contribution in [-0.2, 0) is 54.2 Å². The van der Waals surface area contributed by atoms with Crippen molar-refractivity contribution in [3.63, 3.8) is 0 Å². The largest absolute Gasteiger partial charge is 1.20 e. The van der Waals surface area contributed by atoms with Gasteiger partial charge in [-0.15, -0.1) is 0 Å². The van der Waals surface area contributed by atoms with Crippen molar-refractivity contribution in [2.45, 2.75) is 198 Å². The van der Waals surface area contributed by atoms with Crippen LogP contribution in [0.3, 0.4) is 0 Å². The highest BCUT2D eigenvalue weighted by molar-refractivity contribution is 6.37. The Hall–Kier alpha value is -2.08. The van der Waals surface area contributed by atoms with Gasteiger partial charge in [-0.05, 0) is 101 Å². The average molecular weight is 757 g/mol. The molecular weight excluding hydrogens is 687 g/mol. The maximum atomic E-state index is 13.3. The minimum atomic E-state index is -3.29. The van der Waals surface area contributed by atoms with E-state index in [-0.39, 0.29) is 53.9 Å². The van der Waals surface area contributed by atoms with Crippen molar-refractivity contribution in [1.29, 1.82) is 0 Å². The average Bonchev–Trinajstić information content (AvgIpc) is 3.09. The second-order valence-electron chi connectivity index (χ2n) is 13.2. The summed E-state index contributed by atoms with van der Waals surface area (Å²) in [6, 6.07) is 0. The maximum absolute atomic E-state index is 13.3. The number of rotatable bonds is 30. The number of ketones is 3. The molecule has 300 valence electrons. The zero-order valence-electron chi connectivity index (χ0n) is 34.6. The number of hydrogen-bond donors (Lipinski definition) is 0. The van der Waals surface area contributed by atoms with Crippen molar-refractivity contribution in [3.8, 4) is 0 Å². The third-order valence-corrected chi connectivity index (χ3v) is 9.86. The second-order valence-corrected chi connectivity index (χ2v) is 14.5. The van der Waals surface area contributed by atoms with Crippen LogP contribution in [0, 0.1) is 0 Å². The monoisotopic (exact) mass is 756 g/mol. The Morgan fingerprint density at radius 3 is 0.731 bits per heavy atom. The predicted molar refractivity (Wildman–Crippen MR) is 202 cm³/mol. The van der Waals surface area contributed by atoms with Crippen LogP contribution in [0.1, 0.15) is 142 Å². The number of carbonyl (C=O) groups is 3. The Labute approximate surface area is 319 Å². The van der Waals surface area contributed by atoms with Crippen molar-refractivity contribution in [2.75, 3.05) is 0 Å². The van der Waals surface area contributed by atoms with E-state index in [0.717, 1.165) is 0 Å². The lowest BCUT2D eigenvalue weighted by atomic mass is 10.2. The van der Waals surface area contributed by atoms with Crippen molar-refractivity contribution in [3.05, 3.63) is 35.5 Å². The van der Waals surface area contributed by atoms with Crippen LogP contribution in [0.4, 0.5) is 0 Å². The van der Waals surface area contributed by atoms with Gasteiger partial charge >= 0.3 is 15.1 Å². The summed E-state index contributed by atoms with van der Waals surface area (Å²) in [5.74, 6) is -0.842. The van der Waals surface area contributed by atoms with Crippen molar-refractivity contribution in [2.24, 2.45) is 0 Å². The highest BCUT2D eigenvalue weighted by atomic mass is 27.3. The van der Waals surface area contributed by atoms with Gasteiger partial charge in [-0.3, -0.25) is 14.4 Å². The molecule has 0 bridgehead atoms. The highest BCUT2D eigenvalue weighted by Gasteiger charge is 2.45. The molecule has 0 fully saturated rings. The first-order valence-electron chi connectivity index (χ1n) is 19.0. The van der Waals surface area contributed by atoms with E-state index in [0.29, 0.717) is 38.5 Å². The Kier molecular flexibility index (Phi) is 26.4. The van der Waals surface area contributed by atoms with Crippen LogP contribution in [0.15, 0.2) is 35.5 Å². The van der Waals surface area contributed by atoms with Gasteiger partial charge in [-0.2, -0.15) is 0 Å². The molecule has 0 aliphatic rings. The van der Waals surface area contributed by atoms with E-state index >= 15 is 0 Å². The molecule has 0 spiro atoms. The normalized spacial score (nSPS) is 17.9. The summed E-state index contributed by atoms with van der Waals surface area (Å²) in [6.45, 7) is 27.6. The molecule has 0 heterocycles. The lowest BCUT2D eigenvalue weighted by Gasteiger charge is -2.24. The van der Waals surface area contributed by atoms with E-state index in [1.165, 1.54) is 18.2 Å². The fourth-order valence-electron chi connectivity index (χ4n) is 3.78. The van der Waals surface area contributed by atoms with Crippen LogP contribution in [0.25, 0.3) is 0 Å². The van der Waals surface area contributed by atoms with E-state index in [1.807, 2.05) is 83.1 Å². The van der Waals surface area contributed by atoms with E-state index < -0.39 is 51.4 Å². The topological polar surface area (TPSA) is 134 Å². The van der Waals surface area contributed by atoms with Crippen LogP contribution in [-0.4, -0.2) is 88.0 Å². The van der Waals surface area contributed by atoms with Crippen molar-refractivity contribution >= 4 is 32.5 Å². The lowest BCUT2D eigenvalue weighted by Crippen LogP contribution is -2.34. The first-order valence-corrected chi connectivity index (χ1v) is 20.4. The molecule has 0 aromatic rings. The fourth-order valence-corrected chi connectivity index (χ4v) is 5.04. The molecule has 0 aliphatic carbocycles. The first kappa shape index (κ1) is 49.9. The van der Waals surface area contributed by atoms with Gasteiger partial charge in [0.1, 0.15) is 0 Å². The quantitative estimate of drug-likeness (QED) is 0.0302. The zero-order valence-corrected chi connectivity index (χ0v) is 35.8. The first-order chi connectivity index (χ1) is 24.4. The molecule has 0 saturated heterocycles. The fraction of sp³-hybridized carbons (Fsp3) is 0.769. The third-order valence-electron chi connectivity index (χ3n) is 8.16. The molecule has 0 aliphatic heterocycles. The predicted octanol–water partition coefficient (Wildman–Crippen LogP) is 8.31. The SMILES string of the molecule is CCC(C)OC(OC(C)CC)C(=O)/C=C(/C)[O][Al]([O]/C(C)=C\C(=O)C(OC(C)CC)OC(C)CC)[O]/C(C)=C\C(=O)C(OC(C)CC)OC(C)CC. The van der Waals surface area contributed by atoms with E-state index in [1.54, 1.807) is 20.8 Å². The summed E-state index contributed by atoms with van der Waals surface area (Å²) in [4.78, 5) is 40.0. The number of carbonyl (C=O) groups excluding carboxylic acids is 3. The summed E-state index contributed by atoms with van der Waals surface area (Å²) < 4.78 is 53.5. The minimum Gasteiger partial charge on any atom is -0.580 e. The molecule has 0 aromatic carbocycles. The zero-order chi connectivity index (χ0) is 40.0. The summed E-state index contributed by atoms with van der Waals surface area (Å²) >= 11 is -3.29. The number of ether oxygens (including phenoxy) is 6. The Bertz CT molecular complexity index is 964. The highest BCUT2D eigenvalue weighted by Crippen LogP contribution is 2.18. The molecule has 52 heavy (non-hydrogen) atoms. The van der Waals surface area contributed by atoms with Crippen LogP contribution < -0.4 is 0 Å². The minimum absolute atomic E-state index is 0.168. The van der Waals surface area contributed by atoms with E-state index in [2.05, 4.69) is 0 Å². The van der Waals surface area contributed by atoms with Crippen LogP contribution in [0.2, 0.25) is 0 Å². The van der Waals surface area contributed by atoms with Gasteiger partial charge in [-0.1, -0.05) is 41.5 Å². The maximum Gasteiger partial charge on any atom is 1.20 e. The molecular formula is C39H69AlO12. The number of hydrogen-bond acceptors (Lipinski definition) is 12. The van der Waals surface area contributed by atoms with Gasteiger partial charge in [0.25, 0.3) is 0 Å². The molecule has 0 amide bonds. The summed E-state index contributed by atoms with van der Waals surface area (Å²) in [6.07, 6.45) is 3.24. The van der Waals surface area contributed by atoms with Crippen molar-refractivity contribution < 1.29 is 54.2 Å². The van der Waals surface area contributed by atoms with Gasteiger partial charge < -0.3 is 39.8 Å². The molecule has 0 radical (unpaired) electrons. The summed E-state index contributed by atoms with van der Waals surface area (Å²) in [5, 5.41) is 0. The van der Waals surface area contributed by atoms with Gasteiger partial charge in [0.15, 0.2) is 0 Å². The van der Waals surface area contributed by atoms with Gasteiger partial charge in [-0.25, -0.2) is 0 Å². The van der Waals surface area contributed by atoms with Gasteiger partial charge in [0, 0.05) is 18.2 Å². The molecule has 0 saturated carbocycles. The lowest BCUT2D eigenvalue weighted by molar-refractivity contribution is -0.191. The smallest absolute Gasteiger partial charge is 0.580 e. The van der Waals surface area contributed by atoms with E-state index in [9.17, 15) is 14.4 Å². The third kappa shape index (κ3) is 21.6. The second kappa shape index (κ2) is 27.5. The molecule has 12 nitrogen and oxygen atoms in total. The number of allylic oxidation sites excluding steroid dienone is 3. The standard InChI is InChI=1S/3C13H24O4.Al/c3*1-6-10(4)16-13(17-11(5)7-2)12(15)8-9(3)14;/h3*8,10-11,13-14H,6-7H2,1-5H3;/q;;;+3/p-3/b3*9-8-;. The Balaban J connectivity index is 6.54. The molecule has 0 N–H and O–H groups in total. The van der Waals surface area contributed by atoms with Gasteiger partial charge in [0.2, 0.25) is 36.2 Å². The molecule has 0 aromatic heterocycles. The summed E-state index contributed by atoms with van der Waals surface area (Å²) in [5.41, 5.74) is 0. The molecule has 0 rings (SSSR count). The van der Waals surface area contributed by atoms with Crippen molar-refractivity contribution in [1.82, 2.24) is 0 Å². The Morgan fingerprint density at radius 2 is 0.577 bits per heavy atom. The molecule has 13 heteroatoms. The van der Waals surface area contributed by atoms with Gasteiger partial charge in [0.05, 0.1) is 53.9 Å².